The smallest absolute Gasteiger partial charge is 0.233 e. The lowest BCUT2D eigenvalue weighted by Gasteiger charge is -2.17. The van der Waals surface area contributed by atoms with Gasteiger partial charge in [0.25, 0.3) is 0 Å². The fourth-order valence-electron chi connectivity index (χ4n) is 2.37. The van der Waals surface area contributed by atoms with Crippen LogP contribution in [0, 0.1) is 0 Å². The van der Waals surface area contributed by atoms with Gasteiger partial charge in [0.2, 0.25) is 11.1 Å². The monoisotopic (exact) mass is 431 g/mol. The van der Waals surface area contributed by atoms with E-state index in [4.69, 9.17) is 5.84 Å². The van der Waals surface area contributed by atoms with Crippen molar-refractivity contribution < 1.29 is 4.79 Å². The Bertz CT molecular complexity index is 900. The first kappa shape index (κ1) is 18.5. The number of hydrogen-bond donors (Lipinski definition) is 1. The Labute approximate surface area is 164 Å². The molecule has 6 nitrogen and oxygen atoms in total. The summed E-state index contributed by atoms with van der Waals surface area (Å²) in [5.41, 5.74) is 1.94. The van der Waals surface area contributed by atoms with Gasteiger partial charge in [-0.1, -0.05) is 76.2 Å². The fourth-order valence-corrected chi connectivity index (χ4v) is 3.57. The summed E-state index contributed by atoms with van der Waals surface area (Å²) in [4.78, 5) is 14.1. The van der Waals surface area contributed by atoms with Gasteiger partial charge in [-0.2, -0.15) is 0 Å². The van der Waals surface area contributed by atoms with Crippen LogP contribution in [0.15, 0.2) is 64.2 Å². The minimum absolute atomic E-state index is 0.00462. The Hall–Kier alpha value is -2.32. The second kappa shape index (κ2) is 8.37. The normalized spacial score (nSPS) is 10.7. The molecule has 0 fully saturated rings. The lowest BCUT2D eigenvalue weighted by Crippen LogP contribution is -2.28. The van der Waals surface area contributed by atoms with Gasteiger partial charge in [-0.3, -0.25) is 4.79 Å². The molecule has 0 saturated heterocycles. The molecule has 0 spiro atoms. The first-order chi connectivity index (χ1) is 12.6. The van der Waals surface area contributed by atoms with Crippen LogP contribution in [0.1, 0.15) is 5.56 Å². The molecule has 3 aromatic rings. The van der Waals surface area contributed by atoms with E-state index in [0.29, 0.717) is 17.5 Å². The van der Waals surface area contributed by atoms with E-state index >= 15 is 0 Å². The first-order valence-electron chi connectivity index (χ1n) is 7.92. The van der Waals surface area contributed by atoms with Gasteiger partial charge < -0.3 is 10.7 Å². The number of amides is 1. The van der Waals surface area contributed by atoms with Crippen molar-refractivity contribution in [3.63, 3.8) is 0 Å². The maximum absolute atomic E-state index is 12.4. The summed E-state index contributed by atoms with van der Waals surface area (Å²) < 4.78 is 2.41. The van der Waals surface area contributed by atoms with Crippen LogP contribution in [0.25, 0.3) is 11.4 Å². The van der Waals surface area contributed by atoms with Crippen molar-refractivity contribution in [1.82, 2.24) is 19.8 Å². The second-order valence-corrected chi connectivity index (χ2v) is 7.47. The van der Waals surface area contributed by atoms with E-state index in [1.165, 1.54) is 16.4 Å². The number of nitrogens with two attached hydrogens (primary N) is 1. The SMILES string of the molecule is CN(Cc1ccccc1Br)C(=O)CSc1nnc(-c2ccccc2)n1N. The number of aromatic nitrogens is 3. The van der Waals surface area contributed by atoms with E-state index < -0.39 is 0 Å². The fraction of sp³-hybridized carbons (Fsp3) is 0.167. The molecule has 2 N–H and O–H groups in total. The van der Waals surface area contributed by atoms with Crippen LogP contribution < -0.4 is 5.84 Å². The molecule has 26 heavy (non-hydrogen) atoms. The molecule has 134 valence electrons. The predicted octanol–water partition coefficient (Wildman–Crippen LogP) is 3.17. The number of carbonyl (C=O) groups excluding carboxylic acids is 1. The van der Waals surface area contributed by atoms with Gasteiger partial charge in [-0.15, -0.1) is 10.2 Å². The van der Waals surface area contributed by atoms with Gasteiger partial charge in [0.05, 0.1) is 5.75 Å². The number of carbonyl (C=O) groups is 1. The van der Waals surface area contributed by atoms with Crippen molar-refractivity contribution in [1.29, 1.82) is 0 Å². The molecule has 0 aliphatic carbocycles. The Morgan fingerprint density at radius 2 is 1.85 bits per heavy atom. The Kier molecular flexibility index (Phi) is 5.95. The van der Waals surface area contributed by atoms with Crippen LogP contribution >= 0.6 is 27.7 Å². The zero-order valence-corrected chi connectivity index (χ0v) is 16.6. The third-order valence-electron chi connectivity index (χ3n) is 3.81. The van der Waals surface area contributed by atoms with Crippen LogP contribution in [0.3, 0.4) is 0 Å². The first-order valence-corrected chi connectivity index (χ1v) is 9.70. The summed E-state index contributed by atoms with van der Waals surface area (Å²) in [6, 6.07) is 17.4. The predicted molar refractivity (Wildman–Crippen MR) is 107 cm³/mol. The van der Waals surface area contributed by atoms with E-state index in [2.05, 4.69) is 26.1 Å². The Morgan fingerprint density at radius 1 is 1.15 bits per heavy atom. The lowest BCUT2D eigenvalue weighted by molar-refractivity contribution is -0.127. The van der Waals surface area contributed by atoms with Gasteiger partial charge in [-0.05, 0) is 11.6 Å². The molecule has 1 amide bonds. The zero-order valence-electron chi connectivity index (χ0n) is 14.2. The quantitative estimate of drug-likeness (QED) is 0.478. The summed E-state index contributed by atoms with van der Waals surface area (Å²) in [7, 11) is 1.78. The minimum atomic E-state index is -0.00462. The van der Waals surface area contributed by atoms with Crippen molar-refractivity contribution in [2.75, 3.05) is 18.6 Å². The largest absolute Gasteiger partial charge is 0.341 e. The molecular formula is C18H18BrN5OS. The Morgan fingerprint density at radius 3 is 2.58 bits per heavy atom. The number of nitrogens with zero attached hydrogens (tertiary/aromatic N) is 4. The average Bonchev–Trinajstić information content (AvgIpc) is 3.03. The zero-order chi connectivity index (χ0) is 18.5. The molecule has 3 rings (SSSR count). The third-order valence-corrected chi connectivity index (χ3v) is 5.51. The van der Waals surface area contributed by atoms with Crippen LogP contribution in [0.4, 0.5) is 0 Å². The molecule has 0 radical (unpaired) electrons. The maximum Gasteiger partial charge on any atom is 0.233 e. The highest BCUT2D eigenvalue weighted by Crippen LogP contribution is 2.22. The molecule has 1 aromatic heterocycles. The topological polar surface area (TPSA) is 77.0 Å². The van der Waals surface area contributed by atoms with E-state index in [9.17, 15) is 4.79 Å². The molecule has 8 heteroatoms. The van der Waals surface area contributed by atoms with Crippen molar-refractivity contribution in [3.05, 3.63) is 64.6 Å². The molecule has 0 bridgehead atoms. The molecule has 2 aromatic carbocycles. The molecule has 0 saturated carbocycles. The highest BCUT2D eigenvalue weighted by atomic mass is 79.9. The number of nitrogen functional groups attached to an aromatic ring is 1. The van der Waals surface area contributed by atoms with Crippen molar-refractivity contribution in [2.24, 2.45) is 0 Å². The van der Waals surface area contributed by atoms with E-state index in [0.717, 1.165) is 15.6 Å². The average molecular weight is 432 g/mol. The Balaban J connectivity index is 1.61. The van der Waals surface area contributed by atoms with Crippen molar-refractivity contribution in [3.8, 4) is 11.4 Å². The maximum atomic E-state index is 12.4. The van der Waals surface area contributed by atoms with Crippen molar-refractivity contribution >= 4 is 33.6 Å². The molecule has 0 atom stereocenters. The number of halogens is 1. The minimum Gasteiger partial charge on any atom is -0.341 e. The number of hydrogen-bond acceptors (Lipinski definition) is 5. The number of thioether (sulfide) groups is 1. The number of benzene rings is 2. The van der Waals surface area contributed by atoms with Gasteiger partial charge in [0.15, 0.2) is 5.82 Å². The van der Waals surface area contributed by atoms with Crippen LogP contribution in [-0.4, -0.2) is 38.5 Å². The third kappa shape index (κ3) is 4.25. The molecule has 1 heterocycles. The molecule has 0 aliphatic rings. The summed E-state index contributed by atoms with van der Waals surface area (Å²) in [6.45, 7) is 0.533. The van der Waals surface area contributed by atoms with Crippen LogP contribution in [0.5, 0.6) is 0 Å². The molecule has 0 aliphatic heterocycles. The second-order valence-electron chi connectivity index (χ2n) is 5.67. The molecular weight excluding hydrogens is 414 g/mol. The van der Waals surface area contributed by atoms with E-state index in [1.807, 2.05) is 54.6 Å². The van der Waals surface area contributed by atoms with Gasteiger partial charge in [0.1, 0.15) is 0 Å². The standard InChI is InChI=1S/C18H18BrN5OS/c1-23(11-14-9-5-6-10-15(14)19)16(25)12-26-18-22-21-17(24(18)20)13-7-3-2-4-8-13/h2-10H,11-12,20H2,1H3. The highest BCUT2D eigenvalue weighted by Gasteiger charge is 2.16. The number of rotatable bonds is 6. The van der Waals surface area contributed by atoms with E-state index in [1.54, 1.807) is 11.9 Å². The summed E-state index contributed by atoms with van der Waals surface area (Å²) in [5, 5.41) is 8.72. The van der Waals surface area contributed by atoms with Gasteiger partial charge in [-0.25, -0.2) is 4.68 Å². The lowest BCUT2D eigenvalue weighted by atomic mass is 10.2. The van der Waals surface area contributed by atoms with Gasteiger partial charge >= 0.3 is 0 Å². The molecule has 0 unspecified atom stereocenters. The van der Waals surface area contributed by atoms with Crippen LogP contribution in [0.2, 0.25) is 0 Å². The van der Waals surface area contributed by atoms with Gasteiger partial charge in [0, 0.05) is 23.6 Å². The summed E-state index contributed by atoms with van der Waals surface area (Å²) in [6.07, 6.45) is 0. The summed E-state index contributed by atoms with van der Waals surface area (Å²) >= 11 is 4.78. The van der Waals surface area contributed by atoms with Crippen molar-refractivity contribution in [2.45, 2.75) is 11.7 Å². The van der Waals surface area contributed by atoms with E-state index in [-0.39, 0.29) is 11.7 Å². The summed E-state index contributed by atoms with van der Waals surface area (Å²) in [5.74, 6) is 6.89. The highest BCUT2D eigenvalue weighted by molar-refractivity contribution is 9.10. The van der Waals surface area contributed by atoms with Crippen LogP contribution in [-0.2, 0) is 11.3 Å².